The number of alkyl halides is 3. The molecule has 13 heavy (non-hydrogen) atoms. The van der Waals surface area contributed by atoms with Gasteiger partial charge in [-0.25, -0.2) is 0 Å². The fourth-order valence-corrected chi connectivity index (χ4v) is 1.11. The third-order valence-corrected chi connectivity index (χ3v) is 2.59. The van der Waals surface area contributed by atoms with Crippen LogP contribution in [0.5, 0.6) is 0 Å². The highest BCUT2D eigenvalue weighted by Crippen LogP contribution is 2.54. The zero-order valence-electron chi connectivity index (χ0n) is 6.62. The maximum Gasteiger partial charge on any atom is 0.394 e. The van der Waals surface area contributed by atoms with E-state index in [1.165, 1.54) is 0 Å². The van der Waals surface area contributed by atoms with Crippen molar-refractivity contribution >= 4 is 23.5 Å². The molecule has 0 radical (unpaired) electrons. The zero-order valence-corrected chi connectivity index (χ0v) is 9.10. The Morgan fingerprint density at radius 1 is 1.38 bits per heavy atom. The van der Waals surface area contributed by atoms with Gasteiger partial charge in [-0.3, -0.25) is 4.57 Å². The number of hydrogen-bond acceptors (Lipinski definition) is 2. The molecule has 0 bridgehead atoms. The van der Waals surface area contributed by atoms with E-state index in [1.54, 1.807) is 0 Å². The van der Waals surface area contributed by atoms with E-state index in [-0.39, 0.29) is 13.2 Å². The summed E-state index contributed by atoms with van der Waals surface area (Å²) in [7, 11) is -5.34. The van der Waals surface area contributed by atoms with Crippen molar-refractivity contribution in [3.63, 3.8) is 0 Å². The largest absolute Gasteiger partial charge is 0.394 e. The van der Waals surface area contributed by atoms with Crippen molar-refractivity contribution in [3.8, 4) is 0 Å². The Bertz CT molecular complexity index is 195. The molecule has 0 aliphatic rings. The van der Waals surface area contributed by atoms with Crippen LogP contribution < -0.4 is 0 Å². The molecule has 0 atom stereocenters. The summed E-state index contributed by atoms with van der Waals surface area (Å²) in [6.45, 7) is -0.138. The molecule has 0 aliphatic carbocycles. The van der Waals surface area contributed by atoms with Crippen LogP contribution in [-0.4, -0.2) is 34.0 Å². The Hall–Kier alpha value is 0.450. The first kappa shape index (κ1) is 13.4. The fraction of sp³-hybridized carbons (Fsp3) is 1.00. The van der Waals surface area contributed by atoms with Gasteiger partial charge in [0.2, 0.25) is 0 Å². The Kier molecular flexibility index (Phi) is 5.55. The summed E-state index contributed by atoms with van der Waals surface area (Å²) in [5.41, 5.74) is -3.99. The SMILES string of the molecule is O=P(O)(O)C(F)(F)CCOCCBr. The molecule has 0 aliphatic heterocycles. The second kappa shape index (κ2) is 5.36. The standard InChI is InChI=1S/C5H10BrF2O4P/c6-2-4-12-3-1-5(7,8)13(9,10)11/h1-4H2,(H2,9,10,11). The predicted octanol–water partition coefficient (Wildman–Crippen LogP) is 1.56. The summed E-state index contributed by atoms with van der Waals surface area (Å²) >= 11 is 3.00. The highest BCUT2D eigenvalue weighted by Gasteiger charge is 2.47. The molecule has 2 N–H and O–H groups in total. The molecule has 0 aromatic carbocycles. The first-order valence-electron chi connectivity index (χ1n) is 3.38. The summed E-state index contributed by atoms with van der Waals surface area (Å²) in [5, 5.41) is 0.495. The Labute approximate surface area is 82.6 Å². The molecule has 0 saturated carbocycles. The quantitative estimate of drug-likeness (QED) is 0.441. The highest BCUT2D eigenvalue weighted by atomic mass is 79.9. The average molecular weight is 283 g/mol. The normalized spacial score (nSPS) is 13.3. The van der Waals surface area contributed by atoms with Crippen LogP contribution in [0.2, 0.25) is 0 Å². The van der Waals surface area contributed by atoms with Gasteiger partial charge in [0.25, 0.3) is 0 Å². The third kappa shape index (κ3) is 5.02. The highest BCUT2D eigenvalue weighted by molar-refractivity contribution is 9.09. The molecule has 80 valence electrons. The van der Waals surface area contributed by atoms with Gasteiger partial charge in [0.05, 0.1) is 13.2 Å². The summed E-state index contributed by atoms with van der Waals surface area (Å²) in [6.07, 6.45) is -0.968. The van der Waals surface area contributed by atoms with Gasteiger partial charge in [-0.1, -0.05) is 15.9 Å². The summed E-state index contributed by atoms with van der Waals surface area (Å²) in [5.74, 6) is 0. The maximum atomic E-state index is 12.5. The monoisotopic (exact) mass is 282 g/mol. The van der Waals surface area contributed by atoms with Crippen LogP contribution >= 0.6 is 23.5 Å². The second-order valence-corrected chi connectivity index (χ2v) is 4.80. The van der Waals surface area contributed by atoms with E-state index in [4.69, 9.17) is 9.79 Å². The molecule has 0 fully saturated rings. The maximum absolute atomic E-state index is 12.5. The molecule has 0 spiro atoms. The summed E-state index contributed by atoms with van der Waals surface area (Å²) in [4.78, 5) is 16.4. The van der Waals surface area contributed by atoms with E-state index in [1.807, 2.05) is 0 Å². The van der Waals surface area contributed by atoms with E-state index in [0.29, 0.717) is 5.33 Å². The Morgan fingerprint density at radius 2 is 1.92 bits per heavy atom. The van der Waals surface area contributed by atoms with Gasteiger partial charge >= 0.3 is 13.3 Å². The topological polar surface area (TPSA) is 66.8 Å². The second-order valence-electron chi connectivity index (χ2n) is 2.26. The Morgan fingerprint density at radius 3 is 2.31 bits per heavy atom. The zero-order chi connectivity index (χ0) is 10.5. The smallest absolute Gasteiger partial charge is 0.380 e. The minimum Gasteiger partial charge on any atom is -0.380 e. The van der Waals surface area contributed by atoms with Crippen molar-refractivity contribution in [2.75, 3.05) is 18.5 Å². The lowest BCUT2D eigenvalue weighted by Crippen LogP contribution is -2.19. The van der Waals surface area contributed by atoms with Crippen LogP contribution in [0.3, 0.4) is 0 Å². The van der Waals surface area contributed by atoms with Crippen molar-refractivity contribution in [2.45, 2.75) is 12.1 Å². The van der Waals surface area contributed by atoms with Crippen molar-refractivity contribution in [3.05, 3.63) is 0 Å². The van der Waals surface area contributed by atoms with Gasteiger partial charge in [0, 0.05) is 11.8 Å². The lowest BCUT2D eigenvalue weighted by atomic mass is 10.5. The van der Waals surface area contributed by atoms with Crippen LogP contribution in [0.25, 0.3) is 0 Å². The van der Waals surface area contributed by atoms with Gasteiger partial charge in [-0.05, 0) is 0 Å². The molecule has 0 saturated heterocycles. The van der Waals surface area contributed by atoms with Crippen LogP contribution in [0.1, 0.15) is 6.42 Å². The van der Waals surface area contributed by atoms with E-state index in [0.717, 1.165) is 0 Å². The molecule has 0 heterocycles. The minimum atomic E-state index is -5.34. The molecule has 8 heteroatoms. The first-order valence-corrected chi connectivity index (χ1v) is 6.12. The molecule has 0 aromatic rings. The van der Waals surface area contributed by atoms with Crippen LogP contribution in [0.4, 0.5) is 8.78 Å². The van der Waals surface area contributed by atoms with Crippen molar-refractivity contribution in [1.29, 1.82) is 0 Å². The number of halogens is 3. The van der Waals surface area contributed by atoms with Crippen molar-refractivity contribution in [1.82, 2.24) is 0 Å². The first-order chi connectivity index (χ1) is 5.81. The fourth-order valence-electron chi connectivity index (χ4n) is 0.497. The van der Waals surface area contributed by atoms with Gasteiger partial charge in [-0.15, -0.1) is 0 Å². The molecule has 4 nitrogen and oxygen atoms in total. The lowest BCUT2D eigenvalue weighted by molar-refractivity contribution is 0.0177. The van der Waals surface area contributed by atoms with E-state index in [2.05, 4.69) is 20.7 Å². The minimum absolute atomic E-state index is 0.233. The van der Waals surface area contributed by atoms with Crippen molar-refractivity contribution in [2.24, 2.45) is 0 Å². The molecule has 0 amide bonds. The van der Waals surface area contributed by atoms with Crippen molar-refractivity contribution < 1.29 is 27.9 Å². The number of ether oxygens (including phenoxy) is 1. The molecular weight excluding hydrogens is 273 g/mol. The van der Waals surface area contributed by atoms with Gasteiger partial charge in [0.15, 0.2) is 0 Å². The summed E-state index contributed by atoms with van der Waals surface area (Å²) < 4.78 is 39.8. The average Bonchev–Trinajstić information content (AvgIpc) is 1.96. The van der Waals surface area contributed by atoms with Crippen LogP contribution in [-0.2, 0) is 9.30 Å². The number of rotatable bonds is 6. The van der Waals surface area contributed by atoms with Gasteiger partial charge in [-0.2, -0.15) is 8.78 Å². The van der Waals surface area contributed by atoms with Gasteiger partial charge in [0.1, 0.15) is 0 Å². The molecular formula is C5H10BrF2O4P. The molecule has 0 unspecified atom stereocenters. The van der Waals surface area contributed by atoms with Crippen LogP contribution in [0, 0.1) is 0 Å². The van der Waals surface area contributed by atoms with E-state index < -0.39 is 19.7 Å². The summed E-state index contributed by atoms with van der Waals surface area (Å²) in [6, 6.07) is 0. The predicted molar refractivity (Wildman–Crippen MR) is 46.2 cm³/mol. The van der Waals surface area contributed by atoms with E-state index in [9.17, 15) is 13.3 Å². The molecule has 0 aromatic heterocycles. The third-order valence-electron chi connectivity index (χ3n) is 1.19. The van der Waals surface area contributed by atoms with Crippen LogP contribution in [0.15, 0.2) is 0 Å². The van der Waals surface area contributed by atoms with E-state index >= 15 is 0 Å². The molecule has 0 rings (SSSR count). The number of hydrogen-bond donors (Lipinski definition) is 2. The lowest BCUT2D eigenvalue weighted by Gasteiger charge is -2.16. The Balaban J connectivity index is 3.84. The van der Waals surface area contributed by atoms with Gasteiger partial charge < -0.3 is 14.5 Å².